The quantitative estimate of drug-likeness (QED) is 0.496. The van der Waals surface area contributed by atoms with Crippen molar-refractivity contribution in [2.45, 2.75) is 44.9 Å². The fourth-order valence-corrected chi connectivity index (χ4v) is 4.77. The summed E-state index contributed by atoms with van der Waals surface area (Å²) in [7, 11) is 0. The van der Waals surface area contributed by atoms with E-state index in [9.17, 15) is 14.0 Å². The van der Waals surface area contributed by atoms with E-state index in [2.05, 4.69) is 41.8 Å². The van der Waals surface area contributed by atoms with Gasteiger partial charge in [0.05, 0.1) is 11.5 Å². The monoisotopic (exact) mass is 439 g/mol. The lowest BCUT2D eigenvalue weighted by atomic mass is 9.70. The Balaban J connectivity index is 1.40. The van der Waals surface area contributed by atoms with Gasteiger partial charge in [0.15, 0.2) is 11.6 Å². The average molecular weight is 440 g/mol. The molecule has 3 nitrogen and oxygen atoms in total. The number of nitriles is 1. The minimum absolute atomic E-state index is 0.265. The van der Waals surface area contributed by atoms with Gasteiger partial charge in [0, 0.05) is 26.2 Å². The van der Waals surface area contributed by atoms with Crippen molar-refractivity contribution in [3.05, 3.63) is 71.3 Å². The highest BCUT2D eigenvalue weighted by Crippen LogP contribution is 2.36. The third-order valence-electron chi connectivity index (χ3n) is 6.91. The first-order valence-electron chi connectivity index (χ1n) is 11.8. The van der Waals surface area contributed by atoms with E-state index in [-0.39, 0.29) is 5.92 Å². The van der Waals surface area contributed by atoms with Crippen LogP contribution in [0.15, 0.2) is 48.5 Å². The molecule has 1 heterocycles. The van der Waals surface area contributed by atoms with E-state index in [0.717, 1.165) is 76.1 Å². The largest absolute Gasteiger partial charge is 0.301 e. The van der Waals surface area contributed by atoms with Gasteiger partial charge >= 0.3 is 0 Å². The molecule has 1 fully saturated rings. The van der Waals surface area contributed by atoms with Crippen molar-refractivity contribution in [2.75, 3.05) is 39.3 Å². The normalized spacial score (nSPS) is 17.2. The van der Waals surface area contributed by atoms with Crippen LogP contribution in [0.2, 0.25) is 0 Å². The molecule has 32 heavy (non-hydrogen) atoms. The molecule has 5 heteroatoms. The molecule has 3 rings (SSSR count). The molecule has 1 aliphatic rings. The van der Waals surface area contributed by atoms with Gasteiger partial charge in [0.2, 0.25) is 0 Å². The summed E-state index contributed by atoms with van der Waals surface area (Å²) in [6.45, 7) is 10.4. The lowest BCUT2D eigenvalue weighted by molar-refractivity contribution is 0.127. The molecule has 2 aromatic carbocycles. The number of benzene rings is 2. The predicted molar refractivity (Wildman–Crippen MR) is 125 cm³/mol. The first-order valence-corrected chi connectivity index (χ1v) is 11.8. The molecular formula is C27H35F2N3. The van der Waals surface area contributed by atoms with Crippen LogP contribution in [0.3, 0.4) is 0 Å². The molecule has 1 atom stereocenters. The molecule has 172 valence electrons. The molecule has 0 saturated carbocycles. The van der Waals surface area contributed by atoms with Crippen molar-refractivity contribution in [1.29, 1.82) is 5.26 Å². The molecule has 1 unspecified atom stereocenters. The predicted octanol–water partition coefficient (Wildman–Crippen LogP) is 5.41. The molecule has 0 amide bonds. The zero-order valence-electron chi connectivity index (χ0n) is 19.4. The summed E-state index contributed by atoms with van der Waals surface area (Å²) in [6.07, 6.45) is 3.60. The summed E-state index contributed by atoms with van der Waals surface area (Å²) in [5, 5.41) is 10.1. The summed E-state index contributed by atoms with van der Waals surface area (Å²) >= 11 is 0. The number of nitrogens with zero attached hydrogens (tertiary/aromatic N) is 3. The molecule has 0 spiro atoms. The summed E-state index contributed by atoms with van der Waals surface area (Å²) in [5.41, 5.74) is 1.55. The second-order valence-electron chi connectivity index (χ2n) is 9.24. The van der Waals surface area contributed by atoms with Crippen LogP contribution in [0.4, 0.5) is 8.78 Å². The van der Waals surface area contributed by atoms with Crippen LogP contribution >= 0.6 is 0 Å². The standard InChI is InChI=1S/C27H35F2N3/c1-22(2)27(21-30,24-9-4-3-5-10-24)13-7-15-32-18-16-31(17-19-32)14-6-8-23-11-12-25(28)26(29)20-23/h3-5,9-12,20,22H,6-8,13-19H2,1-2H3. The topological polar surface area (TPSA) is 30.3 Å². The summed E-state index contributed by atoms with van der Waals surface area (Å²) in [4.78, 5) is 4.95. The molecule has 1 aliphatic heterocycles. The molecule has 2 aromatic rings. The van der Waals surface area contributed by atoms with Crippen molar-refractivity contribution < 1.29 is 8.78 Å². The highest BCUT2D eigenvalue weighted by Gasteiger charge is 2.35. The van der Waals surface area contributed by atoms with E-state index < -0.39 is 17.0 Å². The Morgan fingerprint density at radius 1 is 0.906 bits per heavy atom. The summed E-state index contributed by atoms with van der Waals surface area (Å²) < 4.78 is 26.4. The van der Waals surface area contributed by atoms with Crippen molar-refractivity contribution in [1.82, 2.24) is 9.80 Å². The number of piperazine rings is 1. The highest BCUT2D eigenvalue weighted by atomic mass is 19.2. The first kappa shape index (κ1) is 24.4. The van der Waals surface area contributed by atoms with Gasteiger partial charge in [-0.05, 0) is 68.0 Å². The SMILES string of the molecule is CC(C)C(C#N)(CCCN1CCN(CCCc2ccc(F)c(F)c2)CC1)c1ccccc1. The van der Waals surface area contributed by atoms with Gasteiger partial charge in [0.1, 0.15) is 0 Å². The molecule has 0 aliphatic carbocycles. The van der Waals surface area contributed by atoms with Gasteiger partial charge in [-0.2, -0.15) is 5.26 Å². The molecular weight excluding hydrogens is 404 g/mol. The van der Waals surface area contributed by atoms with E-state index in [4.69, 9.17) is 0 Å². The third-order valence-corrected chi connectivity index (χ3v) is 6.91. The van der Waals surface area contributed by atoms with Gasteiger partial charge < -0.3 is 9.80 Å². The van der Waals surface area contributed by atoms with E-state index >= 15 is 0 Å². The molecule has 0 bridgehead atoms. The van der Waals surface area contributed by atoms with Crippen LogP contribution in [0, 0.1) is 28.9 Å². The summed E-state index contributed by atoms with van der Waals surface area (Å²) in [6, 6.07) is 17.1. The van der Waals surface area contributed by atoms with Crippen molar-refractivity contribution in [3.63, 3.8) is 0 Å². The molecule has 0 radical (unpaired) electrons. The summed E-state index contributed by atoms with van der Waals surface area (Å²) in [5.74, 6) is -1.28. The van der Waals surface area contributed by atoms with Crippen LogP contribution in [-0.4, -0.2) is 49.1 Å². The Morgan fingerprint density at radius 2 is 1.53 bits per heavy atom. The van der Waals surface area contributed by atoms with Crippen LogP contribution < -0.4 is 0 Å². The Kier molecular flexibility index (Phi) is 8.78. The minimum Gasteiger partial charge on any atom is -0.301 e. The highest BCUT2D eigenvalue weighted by molar-refractivity contribution is 5.33. The Bertz CT molecular complexity index is 886. The van der Waals surface area contributed by atoms with E-state index in [1.165, 1.54) is 12.1 Å². The fourth-order valence-electron chi connectivity index (χ4n) is 4.77. The van der Waals surface area contributed by atoms with Crippen LogP contribution in [0.1, 0.15) is 44.2 Å². The number of rotatable bonds is 10. The minimum atomic E-state index is -0.783. The van der Waals surface area contributed by atoms with Crippen molar-refractivity contribution in [3.8, 4) is 6.07 Å². The smallest absolute Gasteiger partial charge is 0.159 e. The zero-order valence-corrected chi connectivity index (χ0v) is 19.4. The van der Waals surface area contributed by atoms with Crippen LogP contribution in [-0.2, 0) is 11.8 Å². The Morgan fingerprint density at radius 3 is 2.09 bits per heavy atom. The van der Waals surface area contributed by atoms with Gasteiger partial charge in [-0.3, -0.25) is 0 Å². The van der Waals surface area contributed by atoms with E-state index in [0.29, 0.717) is 0 Å². The number of hydrogen-bond acceptors (Lipinski definition) is 3. The lowest BCUT2D eigenvalue weighted by Crippen LogP contribution is -2.47. The maximum Gasteiger partial charge on any atom is 0.159 e. The zero-order chi connectivity index (χ0) is 23.0. The van der Waals surface area contributed by atoms with Crippen LogP contribution in [0.25, 0.3) is 0 Å². The van der Waals surface area contributed by atoms with Crippen LogP contribution in [0.5, 0.6) is 0 Å². The second-order valence-corrected chi connectivity index (χ2v) is 9.24. The number of halogens is 2. The van der Waals surface area contributed by atoms with E-state index in [1.807, 2.05) is 18.2 Å². The number of hydrogen-bond donors (Lipinski definition) is 0. The first-order chi connectivity index (χ1) is 15.4. The maximum absolute atomic E-state index is 13.3. The Hall–Kier alpha value is -2.29. The third kappa shape index (κ3) is 6.15. The number of aryl methyl sites for hydroxylation is 1. The molecule has 0 N–H and O–H groups in total. The van der Waals surface area contributed by atoms with Crippen molar-refractivity contribution in [2.24, 2.45) is 5.92 Å². The lowest BCUT2D eigenvalue weighted by Gasteiger charge is -2.36. The fraction of sp³-hybridized carbons (Fsp3) is 0.519. The molecule has 0 aromatic heterocycles. The molecule has 1 saturated heterocycles. The Labute approximate surface area is 191 Å². The van der Waals surface area contributed by atoms with Crippen molar-refractivity contribution >= 4 is 0 Å². The van der Waals surface area contributed by atoms with E-state index in [1.54, 1.807) is 6.07 Å². The maximum atomic E-state index is 13.3. The van der Waals surface area contributed by atoms with Gasteiger partial charge in [-0.1, -0.05) is 50.2 Å². The van der Waals surface area contributed by atoms with Gasteiger partial charge in [-0.25, -0.2) is 8.78 Å². The van der Waals surface area contributed by atoms with Gasteiger partial charge in [0.25, 0.3) is 0 Å². The second kappa shape index (κ2) is 11.5. The van der Waals surface area contributed by atoms with Gasteiger partial charge in [-0.15, -0.1) is 0 Å². The average Bonchev–Trinajstić information content (AvgIpc) is 2.80.